The highest BCUT2D eigenvalue weighted by atomic mass is 16.5. The summed E-state index contributed by atoms with van der Waals surface area (Å²) in [5, 5.41) is 29.1. The summed E-state index contributed by atoms with van der Waals surface area (Å²) in [4.78, 5) is 36.0. The standard InChI is InChI=1S/C26H44O7/c1-6-26(4,5)25(32)33-22-12-18(16(3)27)11-17-8-7-15(2)21(24(17)22)10-9-19(28)13-20(29)14-23(30)31/h15,17-22,24,28-29H,6-14H2,1-5H3,(H,30,31)/t15-,17-,18-,19+,20+,21-,22-,24+/m0/s1. The van der Waals surface area contributed by atoms with Crippen LogP contribution in [0.1, 0.15) is 92.4 Å². The molecule has 0 unspecified atom stereocenters. The summed E-state index contributed by atoms with van der Waals surface area (Å²) >= 11 is 0. The lowest BCUT2D eigenvalue weighted by Gasteiger charge is -2.50. The molecule has 33 heavy (non-hydrogen) atoms. The number of fused-ring (bicyclic) bond motifs is 1. The van der Waals surface area contributed by atoms with Gasteiger partial charge >= 0.3 is 11.9 Å². The highest BCUT2D eigenvalue weighted by Crippen LogP contribution is 2.51. The van der Waals surface area contributed by atoms with Crippen LogP contribution in [0.25, 0.3) is 0 Å². The van der Waals surface area contributed by atoms with E-state index in [0.717, 1.165) is 25.7 Å². The number of aliphatic carboxylic acids is 1. The van der Waals surface area contributed by atoms with Gasteiger partial charge in [-0.25, -0.2) is 0 Å². The molecule has 0 aromatic carbocycles. The Bertz CT molecular complexity index is 688. The summed E-state index contributed by atoms with van der Waals surface area (Å²) in [5.74, 6) is -0.126. The van der Waals surface area contributed by atoms with Crippen LogP contribution in [0.15, 0.2) is 0 Å². The normalized spacial score (nSPS) is 31.8. The molecule has 2 aliphatic carbocycles. The highest BCUT2D eigenvalue weighted by molar-refractivity contribution is 5.79. The molecule has 0 aromatic rings. The number of carboxylic acids is 1. The minimum atomic E-state index is -1.08. The van der Waals surface area contributed by atoms with E-state index in [2.05, 4.69) is 6.92 Å². The Balaban J connectivity index is 2.16. The first-order valence-electron chi connectivity index (χ1n) is 12.6. The van der Waals surface area contributed by atoms with Gasteiger partial charge in [0.2, 0.25) is 0 Å². The second kappa shape index (κ2) is 11.8. The lowest BCUT2D eigenvalue weighted by molar-refractivity contribution is -0.174. The van der Waals surface area contributed by atoms with Crippen molar-refractivity contribution in [2.45, 2.75) is 111 Å². The summed E-state index contributed by atoms with van der Waals surface area (Å²) in [5.41, 5.74) is -0.578. The van der Waals surface area contributed by atoms with Gasteiger partial charge in [-0.3, -0.25) is 14.4 Å². The fourth-order valence-corrected chi connectivity index (χ4v) is 5.84. The molecule has 8 atom stereocenters. The van der Waals surface area contributed by atoms with Crippen molar-refractivity contribution in [2.24, 2.45) is 35.0 Å². The molecule has 0 aliphatic heterocycles. The van der Waals surface area contributed by atoms with Crippen LogP contribution in [0.5, 0.6) is 0 Å². The topological polar surface area (TPSA) is 121 Å². The molecule has 3 N–H and O–H groups in total. The average molecular weight is 469 g/mol. The Labute approximate surface area is 198 Å². The molecule has 0 aromatic heterocycles. The molecule has 0 heterocycles. The fraction of sp³-hybridized carbons (Fsp3) is 0.885. The number of ether oxygens (including phenoxy) is 1. The van der Waals surface area contributed by atoms with Crippen LogP contribution in [0.2, 0.25) is 0 Å². The highest BCUT2D eigenvalue weighted by Gasteiger charge is 2.49. The molecular formula is C26H44O7. The number of carboxylic acid groups (broad SMARTS) is 1. The molecule has 0 saturated heterocycles. The van der Waals surface area contributed by atoms with Gasteiger partial charge in [0, 0.05) is 11.8 Å². The van der Waals surface area contributed by atoms with Crippen molar-refractivity contribution >= 4 is 17.7 Å². The number of rotatable bonds is 11. The lowest BCUT2D eigenvalue weighted by Crippen LogP contribution is -2.49. The molecule has 2 saturated carbocycles. The van der Waals surface area contributed by atoms with Crippen molar-refractivity contribution in [2.75, 3.05) is 0 Å². The third-order valence-corrected chi connectivity index (χ3v) is 8.35. The van der Waals surface area contributed by atoms with Crippen molar-refractivity contribution in [3.8, 4) is 0 Å². The molecule has 190 valence electrons. The quantitative estimate of drug-likeness (QED) is 0.392. The van der Waals surface area contributed by atoms with Crippen molar-refractivity contribution in [1.29, 1.82) is 0 Å². The first-order valence-corrected chi connectivity index (χ1v) is 12.6. The van der Waals surface area contributed by atoms with Crippen LogP contribution < -0.4 is 0 Å². The van der Waals surface area contributed by atoms with E-state index in [1.54, 1.807) is 6.92 Å². The lowest BCUT2D eigenvalue weighted by atomic mass is 9.57. The second-order valence-electron chi connectivity index (χ2n) is 11.2. The van der Waals surface area contributed by atoms with Crippen molar-refractivity contribution in [3.05, 3.63) is 0 Å². The summed E-state index contributed by atoms with van der Waals surface area (Å²) in [6.07, 6.45) is 2.81. The zero-order valence-corrected chi connectivity index (χ0v) is 21.0. The van der Waals surface area contributed by atoms with Crippen LogP contribution in [-0.4, -0.2) is 51.4 Å². The third kappa shape index (κ3) is 7.51. The number of ketones is 1. The van der Waals surface area contributed by atoms with E-state index in [1.165, 1.54) is 0 Å². The third-order valence-electron chi connectivity index (χ3n) is 8.35. The van der Waals surface area contributed by atoms with Crippen LogP contribution in [0, 0.1) is 35.0 Å². The number of esters is 1. The smallest absolute Gasteiger partial charge is 0.311 e. The largest absolute Gasteiger partial charge is 0.481 e. The molecule has 2 aliphatic rings. The van der Waals surface area contributed by atoms with E-state index in [1.807, 2.05) is 20.8 Å². The van der Waals surface area contributed by atoms with Gasteiger partial charge in [0.1, 0.15) is 11.9 Å². The zero-order chi connectivity index (χ0) is 24.9. The maximum Gasteiger partial charge on any atom is 0.311 e. The molecule has 0 bridgehead atoms. The molecule has 2 rings (SSSR count). The van der Waals surface area contributed by atoms with E-state index < -0.39 is 23.6 Å². The Hall–Kier alpha value is -1.47. The number of hydrogen-bond donors (Lipinski definition) is 3. The first kappa shape index (κ1) is 27.8. The Morgan fingerprint density at radius 1 is 1.09 bits per heavy atom. The number of Topliss-reactive ketones (excluding diaryl/α,β-unsaturated/α-hetero) is 1. The first-order chi connectivity index (χ1) is 15.4. The van der Waals surface area contributed by atoms with Crippen molar-refractivity contribution < 1.29 is 34.4 Å². The van der Waals surface area contributed by atoms with E-state index in [9.17, 15) is 24.6 Å². The predicted octanol–water partition coefficient (Wildman–Crippen LogP) is 3.98. The van der Waals surface area contributed by atoms with Crippen LogP contribution in [-0.2, 0) is 19.1 Å². The second-order valence-corrected chi connectivity index (χ2v) is 11.2. The number of hydrogen-bond acceptors (Lipinski definition) is 6. The monoisotopic (exact) mass is 468 g/mol. The SMILES string of the molecule is CCC(C)(C)C(=O)O[C@H]1C[C@@H](C(C)=O)C[C@@H]2CC[C@H](C)[C@H](CC[C@@H](O)C[C@@H](O)CC(=O)O)[C@@H]21. The molecular weight excluding hydrogens is 424 g/mol. The Morgan fingerprint density at radius 3 is 2.33 bits per heavy atom. The van der Waals surface area contributed by atoms with E-state index >= 15 is 0 Å². The van der Waals surface area contributed by atoms with Crippen molar-refractivity contribution in [1.82, 2.24) is 0 Å². The molecule has 7 heteroatoms. The number of aliphatic hydroxyl groups is 2. The van der Waals surface area contributed by atoms with Gasteiger partial charge in [-0.05, 0) is 83.5 Å². The Kier molecular flexibility index (Phi) is 9.92. The van der Waals surface area contributed by atoms with Crippen molar-refractivity contribution in [3.63, 3.8) is 0 Å². The minimum absolute atomic E-state index is 0.0387. The number of aliphatic hydroxyl groups excluding tert-OH is 2. The van der Waals surface area contributed by atoms with Crippen LogP contribution in [0.3, 0.4) is 0 Å². The fourth-order valence-electron chi connectivity index (χ4n) is 5.84. The van der Waals surface area contributed by atoms with E-state index in [-0.39, 0.29) is 48.5 Å². The predicted molar refractivity (Wildman–Crippen MR) is 124 cm³/mol. The van der Waals surface area contributed by atoms with Gasteiger partial charge in [-0.15, -0.1) is 0 Å². The van der Waals surface area contributed by atoms with Gasteiger partial charge in [-0.2, -0.15) is 0 Å². The van der Waals surface area contributed by atoms with Gasteiger partial charge in [0.05, 0.1) is 24.0 Å². The Morgan fingerprint density at radius 2 is 1.76 bits per heavy atom. The summed E-state index contributed by atoms with van der Waals surface area (Å²) < 4.78 is 6.13. The maximum atomic E-state index is 13.0. The molecule has 0 amide bonds. The van der Waals surface area contributed by atoms with E-state index in [0.29, 0.717) is 31.1 Å². The summed E-state index contributed by atoms with van der Waals surface area (Å²) in [7, 11) is 0. The number of carbonyl (C=O) groups is 3. The number of carbonyl (C=O) groups excluding carboxylic acids is 2. The summed E-state index contributed by atoms with van der Waals surface area (Å²) in [6.45, 7) is 9.57. The summed E-state index contributed by atoms with van der Waals surface area (Å²) in [6, 6.07) is 0. The maximum absolute atomic E-state index is 13.0. The molecule has 0 spiro atoms. The molecule has 2 fully saturated rings. The van der Waals surface area contributed by atoms with E-state index in [4.69, 9.17) is 9.84 Å². The van der Waals surface area contributed by atoms with Gasteiger partial charge in [0.25, 0.3) is 0 Å². The zero-order valence-electron chi connectivity index (χ0n) is 21.0. The molecule has 7 nitrogen and oxygen atoms in total. The van der Waals surface area contributed by atoms with Gasteiger partial charge in [-0.1, -0.05) is 20.3 Å². The average Bonchev–Trinajstić information content (AvgIpc) is 2.72. The minimum Gasteiger partial charge on any atom is -0.481 e. The van der Waals surface area contributed by atoms with Crippen LogP contribution >= 0.6 is 0 Å². The molecule has 0 radical (unpaired) electrons. The van der Waals surface area contributed by atoms with Gasteiger partial charge < -0.3 is 20.1 Å². The van der Waals surface area contributed by atoms with Gasteiger partial charge in [0.15, 0.2) is 0 Å². The van der Waals surface area contributed by atoms with Crippen LogP contribution in [0.4, 0.5) is 0 Å².